The molecule has 1 aromatic heterocycles. The summed E-state index contributed by atoms with van der Waals surface area (Å²) in [5.41, 5.74) is 0. The van der Waals surface area contributed by atoms with Gasteiger partial charge in [-0.25, -0.2) is 5.10 Å². The fourth-order valence-electron chi connectivity index (χ4n) is 2.77. The molecule has 0 radical (unpaired) electrons. The molecule has 5 heteroatoms. The minimum absolute atomic E-state index is 0.711. The Morgan fingerprint density at radius 1 is 1.50 bits per heavy atom. The highest BCUT2D eigenvalue weighted by atomic mass is 32.1. The van der Waals surface area contributed by atoms with Gasteiger partial charge in [-0.15, -0.1) is 5.10 Å². The molecule has 1 saturated carbocycles. The molecule has 76 valence electrons. The number of fused-ring (bicyclic) bond motifs is 2. The van der Waals surface area contributed by atoms with Crippen molar-refractivity contribution in [2.45, 2.75) is 25.3 Å². The van der Waals surface area contributed by atoms with Crippen molar-refractivity contribution in [2.75, 3.05) is 11.4 Å². The lowest BCUT2D eigenvalue weighted by Crippen LogP contribution is -2.33. The molecule has 2 aliphatic rings. The van der Waals surface area contributed by atoms with Crippen LogP contribution in [-0.4, -0.2) is 27.4 Å². The predicted octanol–water partition coefficient (Wildman–Crippen LogP) is 1.47. The van der Waals surface area contributed by atoms with Crippen LogP contribution in [0.1, 0.15) is 19.3 Å². The van der Waals surface area contributed by atoms with Crippen molar-refractivity contribution >= 4 is 18.2 Å². The van der Waals surface area contributed by atoms with Gasteiger partial charge in [0.2, 0.25) is 5.95 Å². The first-order chi connectivity index (χ1) is 6.75. The number of rotatable bonds is 1. The highest BCUT2D eigenvalue weighted by molar-refractivity contribution is 7.71. The largest absolute Gasteiger partial charge is 0.338 e. The van der Waals surface area contributed by atoms with Crippen LogP contribution >= 0.6 is 12.2 Å². The van der Waals surface area contributed by atoms with Crippen molar-refractivity contribution in [3.63, 3.8) is 0 Å². The van der Waals surface area contributed by atoms with E-state index in [1.807, 2.05) is 11.6 Å². The molecule has 0 aromatic carbocycles. The van der Waals surface area contributed by atoms with Gasteiger partial charge in [0.05, 0.1) is 0 Å². The van der Waals surface area contributed by atoms with Crippen molar-refractivity contribution in [3.8, 4) is 0 Å². The highest BCUT2D eigenvalue weighted by Crippen LogP contribution is 2.39. The molecule has 2 bridgehead atoms. The summed E-state index contributed by atoms with van der Waals surface area (Å²) in [6.45, 7) is 1.16. The van der Waals surface area contributed by atoms with Crippen molar-refractivity contribution in [1.29, 1.82) is 0 Å². The van der Waals surface area contributed by atoms with Gasteiger partial charge in [0.25, 0.3) is 0 Å². The minimum Gasteiger partial charge on any atom is -0.338 e. The molecule has 3 rings (SSSR count). The summed E-state index contributed by atoms with van der Waals surface area (Å²) in [6.07, 6.45) is 4.07. The average Bonchev–Trinajstić information content (AvgIpc) is 2.84. The van der Waals surface area contributed by atoms with Gasteiger partial charge < -0.3 is 4.90 Å². The fourth-order valence-corrected chi connectivity index (χ4v) is 2.89. The Hall–Kier alpha value is -0.840. The van der Waals surface area contributed by atoms with Gasteiger partial charge in [0, 0.05) is 19.6 Å². The molecule has 2 heterocycles. The van der Waals surface area contributed by atoms with Crippen LogP contribution in [0.2, 0.25) is 0 Å². The smallest absolute Gasteiger partial charge is 0.225 e. The van der Waals surface area contributed by atoms with Crippen molar-refractivity contribution in [2.24, 2.45) is 13.0 Å². The number of hydrogen-bond acceptors (Lipinski definition) is 3. The maximum absolute atomic E-state index is 5.11. The summed E-state index contributed by atoms with van der Waals surface area (Å²) in [5, 5.41) is 7.14. The van der Waals surface area contributed by atoms with Gasteiger partial charge in [-0.3, -0.25) is 4.57 Å². The van der Waals surface area contributed by atoms with Gasteiger partial charge in [-0.1, -0.05) is 0 Å². The van der Waals surface area contributed by atoms with E-state index in [1.54, 1.807) is 0 Å². The highest BCUT2D eigenvalue weighted by Gasteiger charge is 2.39. The van der Waals surface area contributed by atoms with Crippen LogP contribution in [0.4, 0.5) is 5.95 Å². The van der Waals surface area contributed by atoms with E-state index in [2.05, 4.69) is 15.1 Å². The van der Waals surface area contributed by atoms with Gasteiger partial charge >= 0.3 is 0 Å². The standard InChI is InChI=1S/C9H14N4S/c1-12-8(10-11-9(12)14)13-5-6-2-3-7(13)4-6/h6-7H,2-5H2,1H3,(H,11,14). The van der Waals surface area contributed by atoms with E-state index in [1.165, 1.54) is 19.3 Å². The molecule has 2 unspecified atom stereocenters. The molecule has 0 amide bonds. The molecule has 1 N–H and O–H groups in total. The van der Waals surface area contributed by atoms with Crippen molar-refractivity contribution in [3.05, 3.63) is 4.77 Å². The second-order valence-corrected chi connectivity index (χ2v) is 4.76. The molecule has 1 aliphatic carbocycles. The van der Waals surface area contributed by atoms with E-state index in [9.17, 15) is 0 Å². The molecule has 14 heavy (non-hydrogen) atoms. The Bertz CT molecular complexity index is 407. The predicted molar refractivity (Wildman–Crippen MR) is 56.9 cm³/mol. The summed E-state index contributed by atoms with van der Waals surface area (Å²) >= 11 is 5.11. The maximum atomic E-state index is 5.11. The van der Waals surface area contributed by atoms with Crippen molar-refractivity contribution < 1.29 is 0 Å². The zero-order valence-electron chi connectivity index (χ0n) is 8.23. The van der Waals surface area contributed by atoms with E-state index < -0.39 is 0 Å². The molecule has 2 fully saturated rings. The summed E-state index contributed by atoms with van der Waals surface area (Å²) in [4.78, 5) is 2.40. The first-order valence-corrected chi connectivity index (χ1v) is 5.54. The SMILES string of the molecule is Cn1c(N2CC3CCC2C3)n[nH]c1=S. The number of H-pyrrole nitrogens is 1. The number of hydrogen-bond donors (Lipinski definition) is 1. The van der Waals surface area contributed by atoms with E-state index in [4.69, 9.17) is 12.2 Å². The number of nitrogens with one attached hydrogen (secondary N) is 1. The third kappa shape index (κ3) is 1.05. The normalized spacial score (nSPS) is 30.2. The Balaban J connectivity index is 1.96. The Morgan fingerprint density at radius 3 is 2.86 bits per heavy atom. The first kappa shape index (κ1) is 8.47. The van der Waals surface area contributed by atoms with E-state index >= 15 is 0 Å². The monoisotopic (exact) mass is 210 g/mol. The first-order valence-electron chi connectivity index (χ1n) is 5.14. The summed E-state index contributed by atoms with van der Waals surface area (Å²) in [6, 6.07) is 0.712. The molecular formula is C9H14N4S. The third-order valence-electron chi connectivity index (χ3n) is 3.52. The van der Waals surface area contributed by atoms with Crippen LogP contribution in [0.5, 0.6) is 0 Å². The number of piperidine rings is 1. The van der Waals surface area contributed by atoms with Crippen LogP contribution < -0.4 is 4.90 Å². The lowest BCUT2D eigenvalue weighted by molar-refractivity contribution is 0.541. The summed E-state index contributed by atoms with van der Waals surface area (Å²) in [5.74, 6) is 1.91. The van der Waals surface area contributed by atoms with Crippen molar-refractivity contribution in [1.82, 2.24) is 14.8 Å². The van der Waals surface area contributed by atoms with Gasteiger partial charge in [-0.05, 0) is 37.4 Å². The van der Waals surface area contributed by atoms with Crippen LogP contribution in [0.3, 0.4) is 0 Å². The number of nitrogens with zero attached hydrogens (tertiary/aromatic N) is 3. The lowest BCUT2D eigenvalue weighted by atomic mass is 10.1. The second-order valence-electron chi connectivity index (χ2n) is 4.37. The molecule has 1 aromatic rings. The zero-order valence-corrected chi connectivity index (χ0v) is 9.05. The van der Waals surface area contributed by atoms with Crippen LogP contribution in [-0.2, 0) is 7.05 Å². The maximum Gasteiger partial charge on any atom is 0.225 e. The van der Waals surface area contributed by atoms with Crippen LogP contribution in [0.25, 0.3) is 0 Å². The minimum atomic E-state index is 0.711. The Labute approximate surface area is 87.9 Å². The van der Waals surface area contributed by atoms with E-state index in [-0.39, 0.29) is 0 Å². The van der Waals surface area contributed by atoms with Gasteiger partial charge in [0.1, 0.15) is 0 Å². The van der Waals surface area contributed by atoms with Crippen LogP contribution in [0, 0.1) is 10.7 Å². The molecule has 0 spiro atoms. The fraction of sp³-hybridized carbons (Fsp3) is 0.778. The Kier molecular flexibility index (Phi) is 1.71. The van der Waals surface area contributed by atoms with Crippen LogP contribution in [0.15, 0.2) is 0 Å². The number of anilines is 1. The van der Waals surface area contributed by atoms with Gasteiger partial charge in [0.15, 0.2) is 4.77 Å². The molecule has 1 saturated heterocycles. The third-order valence-corrected chi connectivity index (χ3v) is 3.89. The number of aromatic nitrogens is 3. The number of aromatic amines is 1. The van der Waals surface area contributed by atoms with E-state index in [0.29, 0.717) is 10.8 Å². The molecule has 2 atom stereocenters. The molecule has 1 aliphatic heterocycles. The lowest BCUT2D eigenvalue weighted by Gasteiger charge is -2.27. The zero-order chi connectivity index (χ0) is 9.71. The molecular weight excluding hydrogens is 196 g/mol. The van der Waals surface area contributed by atoms with E-state index in [0.717, 1.165) is 18.4 Å². The summed E-state index contributed by atoms with van der Waals surface area (Å²) in [7, 11) is 1.98. The Morgan fingerprint density at radius 2 is 2.36 bits per heavy atom. The topological polar surface area (TPSA) is 36.9 Å². The molecule has 4 nitrogen and oxygen atoms in total. The quantitative estimate of drug-likeness (QED) is 0.713. The summed E-state index contributed by atoms with van der Waals surface area (Å²) < 4.78 is 2.68. The second kappa shape index (κ2) is 2.82. The average molecular weight is 210 g/mol. The van der Waals surface area contributed by atoms with Gasteiger partial charge in [-0.2, -0.15) is 0 Å².